The fourth-order valence-corrected chi connectivity index (χ4v) is 2.25. The van der Waals surface area contributed by atoms with Crippen molar-refractivity contribution in [3.05, 3.63) is 0 Å². The predicted molar refractivity (Wildman–Crippen MR) is 59.8 cm³/mol. The number of rotatable bonds is 2. The van der Waals surface area contributed by atoms with E-state index in [-0.39, 0.29) is 11.6 Å². The molecule has 0 aromatic carbocycles. The van der Waals surface area contributed by atoms with Crippen molar-refractivity contribution in [2.75, 3.05) is 26.2 Å². The van der Waals surface area contributed by atoms with Gasteiger partial charge in [0.1, 0.15) is 0 Å². The van der Waals surface area contributed by atoms with E-state index in [0.717, 1.165) is 39.0 Å². The molecule has 4 heteroatoms. The third-order valence-electron chi connectivity index (χ3n) is 3.36. The van der Waals surface area contributed by atoms with E-state index in [9.17, 15) is 4.79 Å². The van der Waals surface area contributed by atoms with Gasteiger partial charge in [0.05, 0.1) is 5.54 Å². The second kappa shape index (κ2) is 4.39. The summed E-state index contributed by atoms with van der Waals surface area (Å²) in [6.07, 6.45) is 4.41. The summed E-state index contributed by atoms with van der Waals surface area (Å²) in [5.74, 6) is 0. The second-order valence-corrected chi connectivity index (χ2v) is 4.64. The monoisotopic (exact) mass is 211 g/mol. The van der Waals surface area contributed by atoms with Gasteiger partial charge < -0.3 is 15.5 Å². The molecule has 1 aliphatic carbocycles. The molecule has 0 atom stereocenters. The lowest BCUT2D eigenvalue weighted by molar-refractivity contribution is 0.171. The molecule has 2 aliphatic rings. The molecule has 86 valence electrons. The van der Waals surface area contributed by atoms with Gasteiger partial charge >= 0.3 is 6.03 Å². The Morgan fingerprint density at radius 1 is 1.53 bits per heavy atom. The Morgan fingerprint density at radius 3 is 3.00 bits per heavy atom. The molecule has 0 radical (unpaired) electrons. The zero-order valence-electron chi connectivity index (χ0n) is 9.51. The van der Waals surface area contributed by atoms with Gasteiger partial charge in [-0.3, -0.25) is 0 Å². The van der Waals surface area contributed by atoms with Crippen LogP contribution >= 0.6 is 0 Å². The Balaban J connectivity index is 1.95. The van der Waals surface area contributed by atoms with E-state index < -0.39 is 0 Å². The number of amides is 2. The van der Waals surface area contributed by atoms with Crippen LogP contribution in [-0.2, 0) is 0 Å². The van der Waals surface area contributed by atoms with Gasteiger partial charge in [-0.05, 0) is 32.2 Å². The van der Waals surface area contributed by atoms with Crippen LogP contribution in [0.25, 0.3) is 0 Å². The van der Waals surface area contributed by atoms with Crippen LogP contribution in [0, 0.1) is 0 Å². The minimum Gasteiger partial charge on any atom is -0.338 e. The Morgan fingerprint density at radius 2 is 2.33 bits per heavy atom. The van der Waals surface area contributed by atoms with Crippen molar-refractivity contribution in [1.29, 1.82) is 0 Å². The van der Waals surface area contributed by atoms with Crippen molar-refractivity contribution in [3.63, 3.8) is 0 Å². The molecule has 15 heavy (non-hydrogen) atoms. The van der Waals surface area contributed by atoms with Crippen LogP contribution in [0.5, 0.6) is 0 Å². The van der Waals surface area contributed by atoms with E-state index >= 15 is 0 Å². The molecule has 1 saturated carbocycles. The van der Waals surface area contributed by atoms with Crippen molar-refractivity contribution in [3.8, 4) is 0 Å². The van der Waals surface area contributed by atoms with Gasteiger partial charge in [-0.25, -0.2) is 4.79 Å². The van der Waals surface area contributed by atoms with Crippen molar-refractivity contribution in [2.45, 2.75) is 38.1 Å². The Hall–Kier alpha value is -0.770. The first-order chi connectivity index (χ1) is 7.28. The largest absolute Gasteiger partial charge is 0.338 e. The zero-order valence-corrected chi connectivity index (χ0v) is 9.51. The minimum atomic E-state index is 0.137. The first-order valence-electron chi connectivity index (χ1n) is 6.05. The average Bonchev–Trinajstić information content (AvgIpc) is 3.04. The van der Waals surface area contributed by atoms with E-state index in [4.69, 9.17) is 0 Å². The molecule has 0 bridgehead atoms. The van der Waals surface area contributed by atoms with Crippen molar-refractivity contribution < 1.29 is 4.79 Å². The average molecular weight is 211 g/mol. The summed E-state index contributed by atoms with van der Waals surface area (Å²) < 4.78 is 0. The maximum absolute atomic E-state index is 12.0. The zero-order chi connectivity index (χ0) is 10.7. The first kappa shape index (κ1) is 10.7. The predicted octanol–water partition coefficient (Wildman–Crippen LogP) is 0.934. The molecule has 2 N–H and O–H groups in total. The highest BCUT2D eigenvalue weighted by molar-refractivity contribution is 5.75. The summed E-state index contributed by atoms with van der Waals surface area (Å²) in [6.45, 7) is 5.80. The molecule has 0 aromatic rings. The number of carbonyl (C=O) groups excluding carboxylic acids is 1. The minimum absolute atomic E-state index is 0.137. The molecule has 1 heterocycles. The molecule has 0 aromatic heterocycles. The molecule has 2 fully saturated rings. The summed E-state index contributed by atoms with van der Waals surface area (Å²) in [5, 5.41) is 6.40. The quantitative estimate of drug-likeness (QED) is 0.714. The molecule has 0 unspecified atom stereocenters. The Kier molecular flexibility index (Phi) is 3.14. The number of nitrogens with one attached hydrogen (secondary N) is 2. The van der Waals surface area contributed by atoms with Gasteiger partial charge in [0.15, 0.2) is 0 Å². The van der Waals surface area contributed by atoms with Crippen LogP contribution < -0.4 is 10.6 Å². The highest BCUT2D eigenvalue weighted by atomic mass is 16.2. The molecule has 1 spiro atoms. The highest BCUT2D eigenvalue weighted by Crippen LogP contribution is 2.42. The van der Waals surface area contributed by atoms with Crippen molar-refractivity contribution >= 4 is 6.03 Å². The molecular weight excluding hydrogens is 190 g/mol. The van der Waals surface area contributed by atoms with Crippen LogP contribution in [0.1, 0.15) is 32.6 Å². The summed E-state index contributed by atoms with van der Waals surface area (Å²) in [6, 6.07) is 0.137. The third kappa shape index (κ3) is 2.25. The number of hydrogen-bond acceptors (Lipinski definition) is 2. The fourth-order valence-electron chi connectivity index (χ4n) is 2.25. The third-order valence-corrected chi connectivity index (χ3v) is 3.36. The normalized spacial score (nSPS) is 23.7. The lowest BCUT2D eigenvalue weighted by Crippen LogP contribution is -2.50. The summed E-state index contributed by atoms with van der Waals surface area (Å²) >= 11 is 0. The van der Waals surface area contributed by atoms with Crippen LogP contribution in [0.3, 0.4) is 0 Å². The van der Waals surface area contributed by atoms with E-state index in [2.05, 4.69) is 22.5 Å². The van der Waals surface area contributed by atoms with E-state index in [1.807, 2.05) is 0 Å². The number of urea groups is 1. The van der Waals surface area contributed by atoms with Gasteiger partial charge in [-0.15, -0.1) is 0 Å². The molecule has 4 nitrogen and oxygen atoms in total. The van der Waals surface area contributed by atoms with Gasteiger partial charge in [-0.2, -0.15) is 0 Å². The molecule has 2 rings (SSSR count). The molecule has 2 amide bonds. The molecule has 1 saturated heterocycles. The van der Waals surface area contributed by atoms with E-state index in [1.54, 1.807) is 0 Å². The first-order valence-corrected chi connectivity index (χ1v) is 6.05. The lowest BCUT2D eigenvalue weighted by Gasteiger charge is -2.29. The van der Waals surface area contributed by atoms with Gasteiger partial charge in [0, 0.05) is 19.6 Å². The topological polar surface area (TPSA) is 44.4 Å². The fraction of sp³-hybridized carbons (Fsp3) is 0.909. The smallest absolute Gasteiger partial charge is 0.317 e. The summed E-state index contributed by atoms with van der Waals surface area (Å²) in [5.41, 5.74) is 0.161. The van der Waals surface area contributed by atoms with Gasteiger partial charge in [0.25, 0.3) is 0 Å². The number of carbonyl (C=O) groups is 1. The van der Waals surface area contributed by atoms with E-state index in [0.29, 0.717) is 0 Å². The number of nitrogens with zero attached hydrogens (tertiary/aromatic N) is 1. The van der Waals surface area contributed by atoms with Crippen molar-refractivity contribution in [2.24, 2.45) is 0 Å². The summed E-state index contributed by atoms with van der Waals surface area (Å²) in [7, 11) is 0. The number of hydrogen-bond donors (Lipinski definition) is 2. The van der Waals surface area contributed by atoms with Crippen molar-refractivity contribution in [1.82, 2.24) is 15.5 Å². The molecule has 1 aliphatic heterocycles. The maximum Gasteiger partial charge on any atom is 0.317 e. The second-order valence-electron chi connectivity index (χ2n) is 4.64. The van der Waals surface area contributed by atoms with Crippen LogP contribution in [0.4, 0.5) is 4.79 Å². The van der Waals surface area contributed by atoms with E-state index in [1.165, 1.54) is 12.8 Å². The lowest BCUT2D eigenvalue weighted by atomic mass is 10.2. The SMILES string of the molecule is CCCNC(=O)N1CCCNCC12CC2. The van der Waals surface area contributed by atoms with Gasteiger partial charge in [0.2, 0.25) is 0 Å². The Labute approximate surface area is 91.4 Å². The standard InChI is InChI=1S/C11H21N3O/c1-2-6-13-10(15)14-8-3-7-12-9-11(14)4-5-11/h12H,2-9H2,1H3,(H,13,15). The molecular formula is C11H21N3O. The maximum atomic E-state index is 12.0. The van der Waals surface area contributed by atoms with Crippen LogP contribution in [-0.4, -0.2) is 42.6 Å². The highest BCUT2D eigenvalue weighted by Gasteiger charge is 2.50. The van der Waals surface area contributed by atoms with Gasteiger partial charge in [-0.1, -0.05) is 6.92 Å². The van der Waals surface area contributed by atoms with Crippen LogP contribution in [0.2, 0.25) is 0 Å². The van der Waals surface area contributed by atoms with Crippen LogP contribution in [0.15, 0.2) is 0 Å². The summed E-state index contributed by atoms with van der Waals surface area (Å²) in [4.78, 5) is 14.0. The Bertz CT molecular complexity index is 238.